The van der Waals surface area contributed by atoms with Crippen LogP contribution in [0.3, 0.4) is 0 Å². The number of likely N-dealkylation sites (tertiary alicyclic amines) is 1. The van der Waals surface area contributed by atoms with Crippen molar-refractivity contribution in [2.75, 3.05) is 13.1 Å². The van der Waals surface area contributed by atoms with Crippen molar-refractivity contribution in [3.8, 4) is 12.3 Å². The summed E-state index contributed by atoms with van der Waals surface area (Å²) in [6, 6.07) is 2.05. The molecule has 2 heterocycles. The van der Waals surface area contributed by atoms with Crippen LogP contribution < -0.4 is 0 Å². The number of aliphatic carboxylic acids is 2. The smallest absolute Gasteiger partial charge is 0.328 e. The lowest BCUT2D eigenvalue weighted by atomic mass is 10.2. The van der Waals surface area contributed by atoms with Crippen LogP contribution in [0.25, 0.3) is 0 Å². The Morgan fingerprint density at radius 2 is 1.82 bits per heavy atom. The van der Waals surface area contributed by atoms with Gasteiger partial charge in [0.05, 0.1) is 0 Å². The van der Waals surface area contributed by atoms with E-state index in [1.807, 2.05) is 12.3 Å². The summed E-state index contributed by atoms with van der Waals surface area (Å²) in [5.74, 6) is 0.0972. The monoisotopic (exact) mass is 302 g/mol. The van der Waals surface area contributed by atoms with Crippen LogP contribution in [0.5, 0.6) is 0 Å². The summed E-state index contributed by atoms with van der Waals surface area (Å²) in [7, 11) is 0. The molecule has 0 bridgehead atoms. The average molecular weight is 302 g/mol. The SMILES string of the molecule is C#Cc1cncc(CN2CCCC2)c1.O=C(O)C=CC(=O)O. The molecule has 1 aliphatic rings. The molecular weight excluding hydrogens is 284 g/mol. The van der Waals surface area contributed by atoms with Gasteiger partial charge in [0.15, 0.2) is 0 Å². The summed E-state index contributed by atoms with van der Waals surface area (Å²) in [4.78, 5) is 25.7. The Labute approximate surface area is 129 Å². The van der Waals surface area contributed by atoms with Crippen LogP contribution in [0, 0.1) is 12.3 Å². The van der Waals surface area contributed by atoms with Crippen LogP contribution in [0.2, 0.25) is 0 Å². The Hall–Kier alpha value is -2.65. The van der Waals surface area contributed by atoms with Gasteiger partial charge in [-0.3, -0.25) is 9.88 Å². The van der Waals surface area contributed by atoms with Gasteiger partial charge in [-0.25, -0.2) is 9.59 Å². The normalized spacial score (nSPS) is 14.1. The van der Waals surface area contributed by atoms with E-state index in [0.717, 1.165) is 12.1 Å². The largest absolute Gasteiger partial charge is 0.478 e. The minimum Gasteiger partial charge on any atom is -0.478 e. The quantitative estimate of drug-likeness (QED) is 0.645. The Morgan fingerprint density at radius 1 is 1.23 bits per heavy atom. The van der Waals surface area contributed by atoms with Gasteiger partial charge in [-0.05, 0) is 37.6 Å². The number of hydrogen-bond donors (Lipinski definition) is 2. The van der Waals surface area contributed by atoms with Crippen LogP contribution in [0.4, 0.5) is 0 Å². The van der Waals surface area contributed by atoms with Crippen molar-refractivity contribution in [3.05, 3.63) is 41.7 Å². The van der Waals surface area contributed by atoms with Gasteiger partial charge >= 0.3 is 11.9 Å². The Morgan fingerprint density at radius 3 is 2.32 bits per heavy atom. The number of nitrogens with zero attached hydrogens (tertiary/aromatic N) is 2. The van der Waals surface area contributed by atoms with Crippen molar-refractivity contribution in [1.82, 2.24) is 9.88 Å². The number of aromatic nitrogens is 1. The average Bonchev–Trinajstić information content (AvgIpc) is 2.99. The Balaban J connectivity index is 0.000000261. The van der Waals surface area contributed by atoms with E-state index in [1.54, 1.807) is 6.20 Å². The van der Waals surface area contributed by atoms with E-state index in [2.05, 4.69) is 15.8 Å². The minimum atomic E-state index is -1.26. The number of carboxylic acids is 2. The van der Waals surface area contributed by atoms with Crippen LogP contribution in [-0.4, -0.2) is 45.1 Å². The van der Waals surface area contributed by atoms with E-state index >= 15 is 0 Å². The number of pyridine rings is 1. The summed E-state index contributed by atoms with van der Waals surface area (Å²) in [5.41, 5.74) is 2.10. The molecule has 0 amide bonds. The first-order chi connectivity index (χ1) is 10.5. The van der Waals surface area contributed by atoms with Gasteiger partial charge in [0, 0.05) is 36.7 Å². The third kappa shape index (κ3) is 7.22. The van der Waals surface area contributed by atoms with Gasteiger partial charge < -0.3 is 10.2 Å². The predicted molar refractivity (Wildman–Crippen MR) is 81.1 cm³/mol. The fraction of sp³-hybridized carbons (Fsp3) is 0.312. The first kappa shape index (κ1) is 17.4. The van der Waals surface area contributed by atoms with Gasteiger partial charge in [-0.15, -0.1) is 6.42 Å². The van der Waals surface area contributed by atoms with Crippen molar-refractivity contribution in [2.24, 2.45) is 0 Å². The van der Waals surface area contributed by atoms with Crippen LogP contribution >= 0.6 is 0 Å². The number of rotatable bonds is 4. The summed E-state index contributed by atoms with van der Waals surface area (Å²) in [6.07, 6.45) is 12.7. The Bertz CT molecular complexity index is 568. The topological polar surface area (TPSA) is 90.7 Å². The molecule has 0 aromatic carbocycles. The molecule has 1 aliphatic heterocycles. The van der Waals surface area contributed by atoms with Crippen LogP contribution in [0.15, 0.2) is 30.6 Å². The molecule has 0 radical (unpaired) electrons. The fourth-order valence-electron chi connectivity index (χ4n) is 1.99. The van der Waals surface area contributed by atoms with E-state index in [1.165, 1.54) is 31.5 Å². The molecule has 22 heavy (non-hydrogen) atoms. The van der Waals surface area contributed by atoms with E-state index in [-0.39, 0.29) is 0 Å². The lowest BCUT2D eigenvalue weighted by Crippen LogP contribution is -2.18. The number of carbonyl (C=O) groups is 2. The lowest BCUT2D eigenvalue weighted by Gasteiger charge is -2.13. The third-order valence-electron chi connectivity index (χ3n) is 2.93. The molecule has 6 heteroatoms. The maximum Gasteiger partial charge on any atom is 0.328 e. The molecule has 2 N–H and O–H groups in total. The van der Waals surface area contributed by atoms with Crippen molar-refractivity contribution in [3.63, 3.8) is 0 Å². The number of carboxylic acid groups (broad SMARTS) is 2. The Kier molecular flexibility index (Phi) is 7.37. The first-order valence-corrected chi connectivity index (χ1v) is 6.78. The van der Waals surface area contributed by atoms with Gasteiger partial charge in [0.25, 0.3) is 0 Å². The van der Waals surface area contributed by atoms with Crippen LogP contribution in [0.1, 0.15) is 24.0 Å². The third-order valence-corrected chi connectivity index (χ3v) is 2.93. The maximum atomic E-state index is 9.55. The molecule has 1 saturated heterocycles. The molecule has 1 aromatic rings. The predicted octanol–water partition coefficient (Wildman–Crippen LogP) is 1.37. The lowest BCUT2D eigenvalue weighted by molar-refractivity contribution is -0.134. The van der Waals surface area contributed by atoms with Crippen molar-refractivity contribution >= 4 is 11.9 Å². The molecule has 0 unspecified atom stereocenters. The molecular formula is C16H18N2O4. The summed E-state index contributed by atoms with van der Waals surface area (Å²) in [5, 5.41) is 15.6. The number of hydrogen-bond acceptors (Lipinski definition) is 4. The molecule has 2 rings (SSSR count). The van der Waals surface area contributed by atoms with Crippen LogP contribution in [-0.2, 0) is 16.1 Å². The molecule has 1 aromatic heterocycles. The molecule has 0 atom stereocenters. The molecule has 6 nitrogen and oxygen atoms in total. The van der Waals surface area contributed by atoms with Gasteiger partial charge in [0.1, 0.15) is 0 Å². The van der Waals surface area contributed by atoms with Crippen molar-refractivity contribution < 1.29 is 19.8 Å². The van der Waals surface area contributed by atoms with Crippen molar-refractivity contribution in [2.45, 2.75) is 19.4 Å². The highest BCUT2D eigenvalue weighted by atomic mass is 16.4. The van der Waals surface area contributed by atoms with E-state index < -0.39 is 11.9 Å². The maximum absolute atomic E-state index is 9.55. The van der Waals surface area contributed by atoms with Crippen molar-refractivity contribution in [1.29, 1.82) is 0 Å². The standard InChI is InChI=1S/C12H14N2.C4H4O4/c1-2-11-7-12(9-13-8-11)10-14-5-3-4-6-14;5-3(6)1-2-4(7)8/h1,7-9H,3-6,10H2;1-2H,(H,5,6)(H,7,8). The second-order valence-electron chi connectivity index (χ2n) is 4.72. The zero-order chi connectivity index (χ0) is 16.4. The minimum absolute atomic E-state index is 0.558. The summed E-state index contributed by atoms with van der Waals surface area (Å²) >= 11 is 0. The molecule has 0 saturated carbocycles. The van der Waals surface area contributed by atoms with Gasteiger partial charge in [-0.2, -0.15) is 0 Å². The van der Waals surface area contributed by atoms with E-state index in [9.17, 15) is 9.59 Å². The molecule has 116 valence electrons. The summed E-state index contributed by atoms with van der Waals surface area (Å²) < 4.78 is 0. The molecule has 0 aliphatic carbocycles. The first-order valence-electron chi connectivity index (χ1n) is 6.78. The second kappa shape index (κ2) is 9.32. The zero-order valence-electron chi connectivity index (χ0n) is 12.1. The highest BCUT2D eigenvalue weighted by molar-refractivity contribution is 5.89. The van der Waals surface area contributed by atoms with Gasteiger partial charge in [-0.1, -0.05) is 5.92 Å². The highest BCUT2D eigenvalue weighted by Crippen LogP contribution is 2.12. The summed E-state index contributed by atoms with van der Waals surface area (Å²) in [6.45, 7) is 3.41. The fourth-order valence-corrected chi connectivity index (χ4v) is 1.99. The molecule has 1 fully saturated rings. The zero-order valence-corrected chi connectivity index (χ0v) is 12.1. The number of terminal acetylenes is 1. The highest BCUT2D eigenvalue weighted by Gasteiger charge is 2.11. The van der Waals surface area contributed by atoms with E-state index in [4.69, 9.17) is 16.6 Å². The van der Waals surface area contributed by atoms with E-state index in [0.29, 0.717) is 12.2 Å². The van der Waals surface area contributed by atoms with Gasteiger partial charge in [0.2, 0.25) is 0 Å². The molecule has 0 spiro atoms. The second-order valence-corrected chi connectivity index (χ2v) is 4.72.